The van der Waals surface area contributed by atoms with E-state index in [1.165, 1.54) is 30.9 Å². The molecular formula is C21H19BrFN5O2. The molecule has 1 aliphatic carbocycles. The van der Waals surface area contributed by atoms with Crippen LogP contribution in [0.25, 0.3) is 22.2 Å². The summed E-state index contributed by atoms with van der Waals surface area (Å²) in [5.74, 6) is 0.0178. The van der Waals surface area contributed by atoms with Gasteiger partial charge in [0.2, 0.25) is 5.91 Å². The fraction of sp³-hybridized carbons (Fsp3) is 0.333. The Bertz CT molecular complexity index is 1190. The van der Waals surface area contributed by atoms with Crippen molar-refractivity contribution in [3.8, 4) is 11.1 Å². The van der Waals surface area contributed by atoms with Gasteiger partial charge in [0.15, 0.2) is 0 Å². The molecule has 154 valence electrons. The highest BCUT2D eigenvalue weighted by atomic mass is 79.9. The molecule has 1 aliphatic heterocycles. The molecule has 9 heteroatoms. The molecule has 2 fully saturated rings. The van der Waals surface area contributed by atoms with E-state index in [4.69, 9.17) is 0 Å². The van der Waals surface area contributed by atoms with Gasteiger partial charge in [-0.3, -0.25) is 9.69 Å². The number of carbonyl (C=O) groups is 2. The maximum atomic E-state index is 15.0. The fourth-order valence-corrected chi connectivity index (χ4v) is 4.40. The molecule has 1 saturated heterocycles. The number of urea groups is 1. The van der Waals surface area contributed by atoms with Crippen LogP contribution in [0.15, 0.2) is 34.8 Å². The fourth-order valence-electron chi connectivity index (χ4n) is 3.77. The van der Waals surface area contributed by atoms with Crippen LogP contribution in [0, 0.1) is 11.7 Å². The molecule has 2 aromatic carbocycles. The second kappa shape index (κ2) is 7.16. The lowest BCUT2D eigenvalue weighted by Gasteiger charge is -2.15. The lowest BCUT2D eigenvalue weighted by Crippen LogP contribution is -2.29. The molecule has 0 radical (unpaired) electrons. The van der Waals surface area contributed by atoms with Gasteiger partial charge in [0.1, 0.15) is 17.9 Å². The van der Waals surface area contributed by atoms with Crippen molar-refractivity contribution in [3.63, 3.8) is 0 Å². The van der Waals surface area contributed by atoms with Gasteiger partial charge in [-0.25, -0.2) is 13.9 Å². The second-order valence-electron chi connectivity index (χ2n) is 7.92. The van der Waals surface area contributed by atoms with E-state index < -0.39 is 5.82 Å². The SMILES string of the molecule is CN1C(=O)CN(Cc2ccc(-c3ccc4c(nnn4CC4CC4)c3Br)c(F)c2)C1=O. The van der Waals surface area contributed by atoms with Gasteiger partial charge in [-0.05, 0) is 52.4 Å². The minimum atomic E-state index is -0.399. The number of likely N-dealkylation sites (N-methyl/N-ethyl adjacent to an activating group) is 1. The third-order valence-electron chi connectivity index (χ3n) is 5.71. The topological polar surface area (TPSA) is 71.3 Å². The van der Waals surface area contributed by atoms with Gasteiger partial charge in [0.25, 0.3) is 0 Å². The highest BCUT2D eigenvalue weighted by Gasteiger charge is 2.33. The summed E-state index contributed by atoms with van der Waals surface area (Å²) < 4.78 is 17.6. The lowest BCUT2D eigenvalue weighted by molar-refractivity contribution is -0.124. The number of hydrogen-bond acceptors (Lipinski definition) is 4. The van der Waals surface area contributed by atoms with Crippen LogP contribution >= 0.6 is 15.9 Å². The minimum Gasteiger partial charge on any atom is -0.311 e. The van der Waals surface area contributed by atoms with Crippen molar-refractivity contribution in [1.29, 1.82) is 0 Å². The number of halogens is 2. The first-order valence-corrected chi connectivity index (χ1v) is 10.6. The highest BCUT2D eigenvalue weighted by Crippen LogP contribution is 2.37. The van der Waals surface area contributed by atoms with Crippen molar-refractivity contribution in [1.82, 2.24) is 24.8 Å². The summed E-state index contributed by atoms with van der Waals surface area (Å²) in [6.45, 7) is 1.05. The summed E-state index contributed by atoms with van der Waals surface area (Å²) in [7, 11) is 1.45. The van der Waals surface area contributed by atoms with E-state index in [9.17, 15) is 14.0 Å². The zero-order chi connectivity index (χ0) is 21.0. The number of carbonyl (C=O) groups excluding carboxylic acids is 2. The Hall–Kier alpha value is -2.81. The predicted molar refractivity (Wildman–Crippen MR) is 112 cm³/mol. The average molecular weight is 472 g/mol. The monoisotopic (exact) mass is 471 g/mol. The molecule has 5 rings (SSSR count). The normalized spacial score (nSPS) is 16.9. The first-order valence-electron chi connectivity index (χ1n) is 9.78. The number of amides is 3. The van der Waals surface area contributed by atoms with Gasteiger partial charge in [0.05, 0.1) is 9.99 Å². The molecule has 2 heterocycles. The lowest BCUT2D eigenvalue weighted by atomic mass is 10.0. The van der Waals surface area contributed by atoms with Crippen molar-refractivity contribution in [3.05, 3.63) is 46.2 Å². The highest BCUT2D eigenvalue weighted by molar-refractivity contribution is 9.10. The van der Waals surface area contributed by atoms with E-state index in [1.807, 2.05) is 16.8 Å². The maximum absolute atomic E-state index is 15.0. The van der Waals surface area contributed by atoms with Crippen molar-refractivity contribution >= 4 is 38.9 Å². The molecule has 3 aromatic rings. The van der Waals surface area contributed by atoms with Crippen LogP contribution in [0.3, 0.4) is 0 Å². The van der Waals surface area contributed by atoms with E-state index >= 15 is 0 Å². The van der Waals surface area contributed by atoms with Crippen LogP contribution in [-0.2, 0) is 17.9 Å². The molecule has 0 spiro atoms. The Morgan fingerprint density at radius 1 is 1.17 bits per heavy atom. The molecule has 0 bridgehead atoms. The number of aromatic nitrogens is 3. The van der Waals surface area contributed by atoms with Crippen molar-refractivity contribution in [2.24, 2.45) is 5.92 Å². The summed E-state index contributed by atoms with van der Waals surface area (Å²) in [5, 5.41) is 8.54. The van der Waals surface area contributed by atoms with Gasteiger partial charge in [0, 0.05) is 31.3 Å². The second-order valence-corrected chi connectivity index (χ2v) is 8.71. The van der Waals surface area contributed by atoms with E-state index in [0.717, 1.165) is 17.0 Å². The van der Waals surface area contributed by atoms with E-state index in [2.05, 4.69) is 26.2 Å². The molecule has 0 unspecified atom stereocenters. The van der Waals surface area contributed by atoms with Gasteiger partial charge >= 0.3 is 6.03 Å². The summed E-state index contributed by atoms with van der Waals surface area (Å²) in [5.41, 5.74) is 3.39. The number of rotatable bonds is 5. The van der Waals surface area contributed by atoms with Gasteiger partial charge in [-0.15, -0.1) is 5.10 Å². The van der Waals surface area contributed by atoms with Crippen LogP contribution in [0.1, 0.15) is 18.4 Å². The summed E-state index contributed by atoms with van der Waals surface area (Å²) >= 11 is 3.58. The Morgan fingerprint density at radius 2 is 1.93 bits per heavy atom. The molecule has 1 saturated carbocycles. The molecule has 2 aliphatic rings. The molecule has 7 nitrogen and oxygen atoms in total. The number of nitrogens with zero attached hydrogens (tertiary/aromatic N) is 5. The quantitative estimate of drug-likeness (QED) is 0.530. The zero-order valence-corrected chi connectivity index (χ0v) is 17.9. The summed E-state index contributed by atoms with van der Waals surface area (Å²) in [4.78, 5) is 26.2. The Kier molecular flexibility index (Phi) is 4.57. The molecular weight excluding hydrogens is 453 g/mol. The molecule has 0 N–H and O–H groups in total. The smallest absolute Gasteiger partial charge is 0.311 e. The van der Waals surface area contributed by atoms with Gasteiger partial charge < -0.3 is 4.90 Å². The van der Waals surface area contributed by atoms with Gasteiger partial charge in [-0.1, -0.05) is 23.4 Å². The first kappa shape index (κ1) is 19.2. The number of hydrogen-bond donors (Lipinski definition) is 0. The van der Waals surface area contributed by atoms with E-state index in [0.29, 0.717) is 32.6 Å². The van der Waals surface area contributed by atoms with Crippen molar-refractivity contribution < 1.29 is 14.0 Å². The summed E-state index contributed by atoms with van der Waals surface area (Å²) in [6, 6.07) is 8.30. The predicted octanol–water partition coefficient (Wildman–Crippen LogP) is 3.80. The van der Waals surface area contributed by atoms with Crippen LogP contribution < -0.4 is 0 Å². The zero-order valence-electron chi connectivity index (χ0n) is 16.3. The molecule has 3 amide bonds. The number of fused-ring (bicyclic) bond motifs is 1. The van der Waals surface area contributed by atoms with E-state index in [-0.39, 0.29) is 25.0 Å². The number of benzene rings is 2. The van der Waals surface area contributed by atoms with Crippen LogP contribution in [-0.4, -0.2) is 50.3 Å². The average Bonchev–Trinajstić information content (AvgIpc) is 3.40. The largest absolute Gasteiger partial charge is 0.327 e. The number of imide groups is 1. The van der Waals surface area contributed by atoms with Crippen LogP contribution in [0.2, 0.25) is 0 Å². The first-order chi connectivity index (χ1) is 14.4. The van der Waals surface area contributed by atoms with Crippen molar-refractivity contribution in [2.75, 3.05) is 13.6 Å². The minimum absolute atomic E-state index is 0.0113. The Labute approximate surface area is 180 Å². The summed E-state index contributed by atoms with van der Waals surface area (Å²) in [6.07, 6.45) is 2.46. The molecule has 30 heavy (non-hydrogen) atoms. The van der Waals surface area contributed by atoms with Gasteiger partial charge in [-0.2, -0.15) is 0 Å². The van der Waals surface area contributed by atoms with Crippen LogP contribution in [0.5, 0.6) is 0 Å². The maximum Gasteiger partial charge on any atom is 0.327 e. The van der Waals surface area contributed by atoms with Crippen molar-refractivity contribution in [2.45, 2.75) is 25.9 Å². The standard InChI is InChI=1S/C21H19BrFN5O2/c1-26-18(29)11-27(21(26)30)9-13-4-5-14(16(23)8-13)15-6-7-17-20(19(15)22)24-25-28(17)10-12-2-3-12/h4-8,12H,2-3,9-11H2,1H3. The Morgan fingerprint density at radius 3 is 2.60 bits per heavy atom. The molecule has 0 atom stereocenters. The third-order valence-corrected chi connectivity index (χ3v) is 6.51. The molecule has 1 aromatic heterocycles. The Balaban J connectivity index is 1.43. The van der Waals surface area contributed by atoms with Crippen LogP contribution in [0.4, 0.5) is 9.18 Å². The van der Waals surface area contributed by atoms with E-state index in [1.54, 1.807) is 12.1 Å². The third kappa shape index (κ3) is 3.27.